The van der Waals surface area contributed by atoms with Crippen LogP contribution in [-0.2, 0) is 14.3 Å². The molecule has 1 aromatic heterocycles. The van der Waals surface area contributed by atoms with Crippen LogP contribution in [0.2, 0.25) is 0 Å². The number of aromatic nitrogens is 2. The van der Waals surface area contributed by atoms with Gasteiger partial charge in [0.2, 0.25) is 11.8 Å². The Hall–Kier alpha value is -2.81. The number of alkyl halides is 2. The zero-order chi connectivity index (χ0) is 20.3. The largest absolute Gasteiger partial charge is 0.471 e. The van der Waals surface area contributed by atoms with Gasteiger partial charge >= 0.3 is 0 Å². The minimum Gasteiger partial charge on any atom is -0.471 e. The smallest absolute Gasteiger partial charge is 0.295 e. The number of nitrogens with zero attached hydrogens (tertiary/aromatic N) is 3. The van der Waals surface area contributed by atoms with Gasteiger partial charge in [0.1, 0.15) is 6.10 Å². The zero-order valence-corrected chi connectivity index (χ0v) is 15.7. The number of fused-ring (bicyclic) bond motifs is 1. The second-order valence-corrected chi connectivity index (χ2v) is 6.53. The molecule has 0 aliphatic carbocycles. The lowest BCUT2D eigenvalue weighted by molar-refractivity contribution is -0.141. The fraction of sp³-hybridized carbons (Fsp3) is 0.421. The van der Waals surface area contributed by atoms with Gasteiger partial charge in [0.25, 0.3) is 6.43 Å². The second-order valence-electron chi connectivity index (χ2n) is 6.53. The summed E-state index contributed by atoms with van der Waals surface area (Å²) in [7, 11) is 1.54. The van der Waals surface area contributed by atoms with Gasteiger partial charge < -0.3 is 14.4 Å². The van der Waals surface area contributed by atoms with E-state index in [0.29, 0.717) is 42.8 Å². The molecule has 1 amide bonds. The molecular weight excluding hydrogens is 370 g/mol. The molecule has 1 N–H and O–H groups in total. The van der Waals surface area contributed by atoms with Crippen LogP contribution in [0, 0.1) is 5.41 Å². The van der Waals surface area contributed by atoms with E-state index in [1.54, 1.807) is 36.1 Å². The van der Waals surface area contributed by atoms with Crippen LogP contribution in [-0.4, -0.2) is 59.2 Å². The molecule has 2 heterocycles. The number of rotatable bonds is 7. The maximum absolute atomic E-state index is 13.4. The molecule has 1 aliphatic heterocycles. The molecule has 2 aromatic rings. The first-order valence-corrected chi connectivity index (χ1v) is 8.86. The predicted molar refractivity (Wildman–Crippen MR) is 100 cm³/mol. The zero-order valence-electron chi connectivity index (χ0n) is 15.7. The summed E-state index contributed by atoms with van der Waals surface area (Å²) in [4.78, 5) is 17.4. The second kappa shape index (κ2) is 8.47. The average Bonchev–Trinajstić information content (AvgIpc) is 3.02. The number of halogens is 2. The molecule has 9 heteroatoms. The molecular formula is C19H22F2N4O3. The molecule has 0 unspecified atom stereocenters. The van der Waals surface area contributed by atoms with Crippen molar-refractivity contribution in [3.8, 4) is 0 Å². The van der Waals surface area contributed by atoms with E-state index in [0.717, 1.165) is 0 Å². The number of imidazole rings is 1. The Morgan fingerprint density at radius 1 is 1.39 bits per heavy atom. The highest BCUT2D eigenvalue weighted by atomic mass is 19.3. The highest BCUT2D eigenvalue weighted by molar-refractivity contribution is 5.92. The van der Waals surface area contributed by atoms with Crippen LogP contribution in [0.15, 0.2) is 30.3 Å². The van der Waals surface area contributed by atoms with Gasteiger partial charge in [-0.1, -0.05) is 12.1 Å². The number of ether oxygens (including phenoxy) is 2. The van der Waals surface area contributed by atoms with Crippen LogP contribution in [0.4, 0.5) is 8.78 Å². The van der Waals surface area contributed by atoms with Gasteiger partial charge in [-0.25, -0.2) is 13.8 Å². The van der Waals surface area contributed by atoms with E-state index in [1.807, 2.05) is 0 Å². The summed E-state index contributed by atoms with van der Waals surface area (Å²) in [6.07, 6.45) is -1.33. The molecule has 0 spiro atoms. The number of para-hydroxylation sites is 2. The molecule has 1 fully saturated rings. The minimum absolute atomic E-state index is 0.0218. The third-order valence-electron chi connectivity index (χ3n) is 4.49. The summed E-state index contributed by atoms with van der Waals surface area (Å²) in [5.41, 5.74) is 1.40. The summed E-state index contributed by atoms with van der Waals surface area (Å²) in [6.45, 7) is 2.78. The van der Waals surface area contributed by atoms with Crippen LogP contribution < -0.4 is 0 Å². The molecule has 0 radical (unpaired) electrons. The van der Waals surface area contributed by atoms with Crippen molar-refractivity contribution in [1.29, 1.82) is 5.41 Å². The first kappa shape index (κ1) is 19.9. The van der Waals surface area contributed by atoms with E-state index < -0.39 is 6.43 Å². The van der Waals surface area contributed by atoms with Crippen molar-refractivity contribution in [2.24, 2.45) is 0 Å². The third kappa shape index (κ3) is 4.19. The van der Waals surface area contributed by atoms with E-state index in [4.69, 9.17) is 14.9 Å². The van der Waals surface area contributed by atoms with Crippen molar-refractivity contribution < 1.29 is 23.0 Å². The van der Waals surface area contributed by atoms with Gasteiger partial charge in [0.05, 0.1) is 37.2 Å². The quantitative estimate of drug-likeness (QED) is 0.580. The average molecular weight is 392 g/mol. The van der Waals surface area contributed by atoms with Crippen molar-refractivity contribution in [3.63, 3.8) is 0 Å². The van der Waals surface area contributed by atoms with Gasteiger partial charge in [0.15, 0.2) is 5.82 Å². The number of hydrogen-bond acceptors (Lipinski definition) is 5. The van der Waals surface area contributed by atoms with Crippen LogP contribution in [0.25, 0.3) is 16.7 Å². The summed E-state index contributed by atoms with van der Waals surface area (Å²) in [6, 6.07) is 6.84. The highest BCUT2D eigenvalue weighted by Crippen LogP contribution is 2.27. The van der Waals surface area contributed by atoms with Gasteiger partial charge in [-0.2, -0.15) is 0 Å². The Kier molecular flexibility index (Phi) is 6.03. The molecule has 0 bridgehead atoms. The number of nitrogens with one attached hydrogen (secondary N) is 1. The normalized spacial score (nSPS) is 15.2. The molecule has 7 nitrogen and oxygen atoms in total. The number of likely N-dealkylation sites (tertiary alicyclic amines) is 1. The Morgan fingerprint density at radius 2 is 2.11 bits per heavy atom. The SMILES string of the molecule is COCCC(=O)N1CC(OC(=N)/C=C(\C)n2c(C(F)F)nc3ccccc32)C1. The van der Waals surface area contributed by atoms with Crippen molar-refractivity contribution in [2.45, 2.75) is 25.9 Å². The highest BCUT2D eigenvalue weighted by Gasteiger charge is 2.32. The Balaban J connectivity index is 1.66. The van der Waals surface area contributed by atoms with E-state index >= 15 is 0 Å². The fourth-order valence-corrected chi connectivity index (χ4v) is 3.09. The van der Waals surface area contributed by atoms with E-state index in [9.17, 15) is 13.6 Å². The van der Waals surface area contributed by atoms with Crippen LogP contribution >= 0.6 is 0 Å². The maximum Gasteiger partial charge on any atom is 0.295 e. The molecule has 28 heavy (non-hydrogen) atoms. The number of amides is 1. The lowest BCUT2D eigenvalue weighted by Gasteiger charge is -2.38. The minimum atomic E-state index is -2.75. The first-order valence-electron chi connectivity index (χ1n) is 8.86. The lowest BCUT2D eigenvalue weighted by Crippen LogP contribution is -2.55. The lowest BCUT2D eigenvalue weighted by atomic mass is 10.1. The molecule has 0 atom stereocenters. The van der Waals surface area contributed by atoms with Crippen molar-refractivity contribution in [1.82, 2.24) is 14.5 Å². The standard InChI is InChI=1S/C19H22F2N4O3/c1-12(25-15-6-4-3-5-14(15)23-19(25)18(20)21)9-16(22)28-13-10-24(11-13)17(26)7-8-27-2/h3-6,9,13,18,22H,7-8,10-11H2,1-2H3/b12-9+,22-16?. The van der Waals surface area contributed by atoms with Gasteiger partial charge in [-0.3, -0.25) is 14.8 Å². The summed E-state index contributed by atoms with van der Waals surface area (Å²) >= 11 is 0. The maximum atomic E-state index is 13.4. The monoisotopic (exact) mass is 392 g/mol. The molecule has 1 saturated heterocycles. The Morgan fingerprint density at radius 3 is 2.79 bits per heavy atom. The fourth-order valence-electron chi connectivity index (χ4n) is 3.09. The molecule has 3 rings (SSSR count). The Labute approximate surface area is 161 Å². The summed E-state index contributed by atoms with van der Waals surface area (Å²) < 4.78 is 38.5. The van der Waals surface area contributed by atoms with Gasteiger partial charge in [-0.15, -0.1) is 0 Å². The van der Waals surface area contributed by atoms with Crippen LogP contribution in [0.5, 0.6) is 0 Å². The summed E-state index contributed by atoms with van der Waals surface area (Å²) in [5, 5.41) is 8.02. The van der Waals surface area contributed by atoms with Gasteiger partial charge in [0, 0.05) is 18.9 Å². The summed E-state index contributed by atoms with van der Waals surface area (Å²) in [5.74, 6) is -0.544. The van der Waals surface area contributed by atoms with E-state index in [-0.39, 0.29) is 23.7 Å². The first-order chi connectivity index (χ1) is 13.4. The predicted octanol–water partition coefficient (Wildman–Crippen LogP) is 3.08. The third-order valence-corrected chi connectivity index (χ3v) is 4.49. The molecule has 0 saturated carbocycles. The van der Waals surface area contributed by atoms with Crippen molar-refractivity contribution >= 4 is 28.5 Å². The van der Waals surface area contributed by atoms with Gasteiger partial charge in [-0.05, 0) is 19.1 Å². The topological polar surface area (TPSA) is 80.4 Å². The van der Waals surface area contributed by atoms with Crippen LogP contribution in [0.1, 0.15) is 25.6 Å². The molecule has 150 valence electrons. The van der Waals surface area contributed by atoms with E-state index in [1.165, 1.54) is 17.8 Å². The van der Waals surface area contributed by atoms with Crippen molar-refractivity contribution in [2.75, 3.05) is 26.8 Å². The Bertz CT molecular complexity index is 904. The number of carbonyl (C=O) groups excluding carboxylic acids is 1. The van der Waals surface area contributed by atoms with Crippen LogP contribution in [0.3, 0.4) is 0 Å². The number of benzene rings is 1. The number of hydrogen-bond donors (Lipinski definition) is 1. The van der Waals surface area contributed by atoms with E-state index in [2.05, 4.69) is 4.98 Å². The molecule has 1 aromatic carbocycles. The molecule has 1 aliphatic rings. The number of carbonyl (C=O) groups is 1. The number of methoxy groups -OCH3 is 1. The number of allylic oxidation sites excluding steroid dienone is 1. The van der Waals surface area contributed by atoms with Crippen molar-refractivity contribution in [3.05, 3.63) is 36.2 Å².